The molecule has 1 unspecified atom stereocenters. The van der Waals surface area contributed by atoms with Crippen LogP contribution in [-0.4, -0.2) is 15.9 Å². The number of alkyl halides is 3. The molecule has 7 heteroatoms. The largest absolute Gasteiger partial charge is 0.466 e. The van der Waals surface area contributed by atoms with E-state index in [9.17, 15) is 4.79 Å². The number of carbonyl (C=O) groups excluding carboxylic acids is 1. The standard InChI is InChI=1S/C16H13BrCl3NO2/c1-10-3-2-4-11(9-10)14(22)21-15(16(18,19)20)23-13-7-5-12(17)6-8-13/h2-9,15H,1H3,(H,21,22). The minimum absolute atomic E-state index is 0.387. The van der Waals surface area contributed by atoms with Gasteiger partial charge in [0, 0.05) is 10.0 Å². The fourth-order valence-electron chi connectivity index (χ4n) is 1.82. The van der Waals surface area contributed by atoms with Crippen LogP contribution in [0, 0.1) is 6.92 Å². The van der Waals surface area contributed by atoms with Crippen molar-refractivity contribution in [2.75, 3.05) is 0 Å². The van der Waals surface area contributed by atoms with Gasteiger partial charge in [0.1, 0.15) is 5.75 Å². The second-order valence-electron chi connectivity index (χ2n) is 4.84. The Hall–Kier alpha value is -0.940. The van der Waals surface area contributed by atoms with Crippen LogP contribution in [0.2, 0.25) is 0 Å². The predicted molar refractivity (Wildman–Crippen MR) is 97.5 cm³/mol. The van der Waals surface area contributed by atoms with Gasteiger partial charge in [-0.05, 0) is 43.3 Å². The molecule has 0 radical (unpaired) electrons. The van der Waals surface area contributed by atoms with E-state index in [2.05, 4.69) is 21.2 Å². The molecule has 0 saturated carbocycles. The van der Waals surface area contributed by atoms with Gasteiger partial charge in [-0.1, -0.05) is 68.4 Å². The van der Waals surface area contributed by atoms with Crippen molar-refractivity contribution in [2.45, 2.75) is 16.9 Å². The van der Waals surface area contributed by atoms with E-state index in [1.807, 2.05) is 13.0 Å². The van der Waals surface area contributed by atoms with Gasteiger partial charge < -0.3 is 10.1 Å². The monoisotopic (exact) mass is 435 g/mol. The van der Waals surface area contributed by atoms with Crippen molar-refractivity contribution >= 4 is 56.6 Å². The van der Waals surface area contributed by atoms with Crippen LogP contribution in [0.1, 0.15) is 15.9 Å². The predicted octanol–water partition coefficient (Wildman–Crippen LogP) is 5.26. The highest BCUT2D eigenvalue weighted by atomic mass is 79.9. The summed E-state index contributed by atoms with van der Waals surface area (Å²) in [5.41, 5.74) is 1.42. The lowest BCUT2D eigenvalue weighted by Gasteiger charge is -2.26. The highest BCUT2D eigenvalue weighted by molar-refractivity contribution is 9.10. The van der Waals surface area contributed by atoms with E-state index >= 15 is 0 Å². The zero-order valence-corrected chi connectivity index (χ0v) is 15.9. The molecule has 2 aromatic rings. The highest BCUT2D eigenvalue weighted by Gasteiger charge is 2.36. The van der Waals surface area contributed by atoms with E-state index in [1.165, 1.54) is 0 Å². The number of benzene rings is 2. The third kappa shape index (κ3) is 5.57. The summed E-state index contributed by atoms with van der Waals surface area (Å²) in [7, 11) is 0. The van der Waals surface area contributed by atoms with E-state index in [0.717, 1.165) is 10.0 Å². The first-order chi connectivity index (χ1) is 10.8. The van der Waals surface area contributed by atoms with Crippen LogP contribution in [0.3, 0.4) is 0 Å². The number of amides is 1. The Morgan fingerprint density at radius 2 is 1.83 bits per heavy atom. The lowest BCUT2D eigenvalue weighted by Crippen LogP contribution is -2.47. The molecule has 1 atom stereocenters. The topological polar surface area (TPSA) is 38.3 Å². The van der Waals surface area contributed by atoms with Gasteiger partial charge in [-0.25, -0.2) is 0 Å². The van der Waals surface area contributed by atoms with Gasteiger partial charge in [0.15, 0.2) is 0 Å². The van der Waals surface area contributed by atoms with Crippen LogP contribution in [-0.2, 0) is 0 Å². The zero-order valence-electron chi connectivity index (χ0n) is 12.0. The Kier molecular flexibility index (Phi) is 6.20. The molecule has 0 bridgehead atoms. The van der Waals surface area contributed by atoms with Crippen molar-refractivity contribution < 1.29 is 9.53 Å². The SMILES string of the molecule is Cc1cccc(C(=O)NC(Oc2ccc(Br)cc2)C(Cl)(Cl)Cl)c1. The summed E-state index contributed by atoms with van der Waals surface area (Å²) in [4.78, 5) is 12.3. The Labute approximate surface area is 158 Å². The molecule has 0 aliphatic rings. The van der Waals surface area contributed by atoms with Crippen LogP contribution in [0.15, 0.2) is 53.0 Å². The normalized spacial score (nSPS) is 12.6. The molecule has 122 valence electrons. The molecule has 3 nitrogen and oxygen atoms in total. The lowest BCUT2D eigenvalue weighted by molar-refractivity contribution is 0.0833. The zero-order chi connectivity index (χ0) is 17.0. The fraction of sp³-hybridized carbons (Fsp3) is 0.188. The summed E-state index contributed by atoms with van der Waals surface area (Å²) in [5.74, 6) is 0.0798. The number of carbonyl (C=O) groups is 1. The highest BCUT2D eigenvalue weighted by Crippen LogP contribution is 2.32. The van der Waals surface area contributed by atoms with E-state index in [0.29, 0.717) is 11.3 Å². The molecule has 0 aliphatic heterocycles. The van der Waals surface area contributed by atoms with Crippen molar-refractivity contribution in [2.24, 2.45) is 0 Å². The van der Waals surface area contributed by atoms with E-state index < -0.39 is 10.0 Å². The van der Waals surface area contributed by atoms with Crippen LogP contribution in [0.5, 0.6) is 5.75 Å². The first-order valence-electron chi connectivity index (χ1n) is 6.62. The number of hydrogen-bond acceptors (Lipinski definition) is 2. The molecule has 0 aliphatic carbocycles. The smallest absolute Gasteiger partial charge is 0.254 e. The molecular formula is C16H13BrCl3NO2. The summed E-state index contributed by atoms with van der Waals surface area (Å²) in [5, 5.41) is 2.59. The number of halogens is 4. The van der Waals surface area contributed by atoms with Gasteiger partial charge in [-0.2, -0.15) is 0 Å². The fourth-order valence-corrected chi connectivity index (χ4v) is 2.38. The average Bonchev–Trinajstić information content (AvgIpc) is 2.47. The van der Waals surface area contributed by atoms with Crippen LogP contribution >= 0.6 is 50.7 Å². The molecule has 0 fully saturated rings. The van der Waals surface area contributed by atoms with Gasteiger partial charge in [0.2, 0.25) is 10.0 Å². The first kappa shape index (κ1) is 18.4. The number of rotatable bonds is 4. The van der Waals surface area contributed by atoms with Gasteiger partial charge in [0.05, 0.1) is 0 Å². The maximum Gasteiger partial charge on any atom is 0.254 e. The molecular weight excluding hydrogens is 424 g/mol. The maximum atomic E-state index is 12.3. The van der Waals surface area contributed by atoms with Crippen LogP contribution < -0.4 is 10.1 Å². The average molecular weight is 438 g/mol. The minimum atomic E-state index is -1.83. The Morgan fingerprint density at radius 1 is 1.17 bits per heavy atom. The summed E-state index contributed by atoms with van der Waals surface area (Å²) >= 11 is 21.1. The molecule has 0 heterocycles. The van der Waals surface area contributed by atoms with E-state index in [1.54, 1.807) is 42.5 Å². The van der Waals surface area contributed by atoms with Crippen molar-refractivity contribution in [1.29, 1.82) is 0 Å². The van der Waals surface area contributed by atoms with Crippen LogP contribution in [0.25, 0.3) is 0 Å². The number of aryl methyl sites for hydroxylation is 1. The number of ether oxygens (including phenoxy) is 1. The number of nitrogens with one attached hydrogen (secondary N) is 1. The third-order valence-electron chi connectivity index (χ3n) is 2.91. The number of hydrogen-bond donors (Lipinski definition) is 1. The molecule has 0 spiro atoms. The van der Waals surface area contributed by atoms with Gasteiger partial charge in [-0.3, -0.25) is 4.79 Å². The van der Waals surface area contributed by atoms with Gasteiger partial charge in [-0.15, -0.1) is 0 Å². The quantitative estimate of drug-likeness (QED) is 0.523. The molecule has 1 amide bonds. The molecule has 0 aromatic heterocycles. The third-order valence-corrected chi connectivity index (χ3v) is 4.03. The Morgan fingerprint density at radius 3 is 2.39 bits per heavy atom. The van der Waals surface area contributed by atoms with Crippen molar-refractivity contribution in [3.05, 3.63) is 64.1 Å². The van der Waals surface area contributed by atoms with E-state index in [4.69, 9.17) is 39.5 Å². The Balaban J connectivity index is 2.16. The lowest BCUT2D eigenvalue weighted by atomic mass is 10.1. The van der Waals surface area contributed by atoms with Crippen molar-refractivity contribution in [3.8, 4) is 5.75 Å². The van der Waals surface area contributed by atoms with Crippen molar-refractivity contribution in [3.63, 3.8) is 0 Å². The summed E-state index contributed by atoms with van der Waals surface area (Å²) in [6, 6.07) is 14.1. The Bertz CT molecular complexity index is 686. The summed E-state index contributed by atoms with van der Waals surface area (Å²) in [6.07, 6.45) is -1.14. The van der Waals surface area contributed by atoms with E-state index in [-0.39, 0.29) is 5.91 Å². The second kappa shape index (κ2) is 7.75. The minimum Gasteiger partial charge on any atom is -0.466 e. The van der Waals surface area contributed by atoms with Crippen molar-refractivity contribution in [1.82, 2.24) is 5.32 Å². The molecule has 1 N–H and O–H groups in total. The van der Waals surface area contributed by atoms with Crippen LogP contribution in [0.4, 0.5) is 0 Å². The summed E-state index contributed by atoms with van der Waals surface area (Å²) in [6.45, 7) is 1.89. The van der Waals surface area contributed by atoms with Gasteiger partial charge >= 0.3 is 0 Å². The van der Waals surface area contributed by atoms with Gasteiger partial charge in [0.25, 0.3) is 5.91 Å². The molecule has 2 rings (SSSR count). The summed E-state index contributed by atoms with van der Waals surface area (Å²) < 4.78 is 4.67. The molecule has 0 saturated heterocycles. The molecule has 23 heavy (non-hydrogen) atoms. The molecule has 2 aromatic carbocycles. The maximum absolute atomic E-state index is 12.3. The second-order valence-corrected chi connectivity index (χ2v) is 8.12. The first-order valence-corrected chi connectivity index (χ1v) is 8.55.